The Hall–Kier alpha value is -1.76. The number of nitrogens with one attached hydrogen (secondary N) is 1. The van der Waals surface area contributed by atoms with Crippen molar-refractivity contribution in [3.05, 3.63) is 18.2 Å². The van der Waals surface area contributed by atoms with Crippen LogP contribution in [0.3, 0.4) is 0 Å². The second-order valence-electron chi connectivity index (χ2n) is 6.24. The summed E-state index contributed by atoms with van der Waals surface area (Å²) in [5.74, 6) is 1.07. The molecule has 2 aliphatic rings. The molecule has 1 unspecified atom stereocenters. The zero-order valence-corrected chi connectivity index (χ0v) is 14.2. The summed E-state index contributed by atoms with van der Waals surface area (Å²) in [6.45, 7) is 2.40. The summed E-state index contributed by atoms with van der Waals surface area (Å²) >= 11 is 0. The SMILES string of the molecule is COc1ccc(N2CCCS2(=O)=O)cc1NC(=O)C(C)C1CC1. The van der Waals surface area contributed by atoms with Gasteiger partial charge in [0.2, 0.25) is 15.9 Å². The lowest BCUT2D eigenvalue weighted by molar-refractivity contribution is -0.119. The van der Waals surface area contributed by atoms with E-state index in [4.69, 9.17) is 4.74 Å². The van der Waals surface area contributed by atoms with Crippen LogP contribution in [0.25, 0.3) is 0 Å². The van der Waals surface area contributed by atoms with Gasteiger partial charge in [-0.2, -0.15) is 0 Å². The van der Waals surface area contributed by atoms with E-state index in [9.17, 15) is 13.2 Å². The molecular weight excluding hydrogens is 316 g/mol. The molecule has 0 aromatic heterocycles. The molecule has 1 atom stereocenters. The summed E-state index contributed by atoms with van der Waals surface area (Å²) in [6.07, 6.45) is 2.81. The van der Waals surface area contributed by atoms with Crippen LogP contribution in [0.1, 0.15) is 26.2 Å². The topological polar surface area (TPSA) is 75.7 Å². The lowest BCUT2D eigenvalue weighted by Crippen LogP contribution is -2.26. The molecule has 0 spiro atoms. The Kier molecular flexibility index (Phi) is 4.23. The second-order valence-corrected chi connectivity index (χ2v) is 8.25. The Balaban J connectivity index is 1.86. The molecule has 1 aliphatic heterocycles. The average Bonchev–Trinajstić information content (AvgIpc) is 3.30. The average molecular weight is 338 g/mol. The van der Waals surface area contributed by atoms with Crippen molar-refractivity contribution in [3.63, 3.8) is 0 Å². The normalized spacial score (nSPS) is 21.0. The zero-order chi connectivity index (χ0) is 16.6. The Morgan fingerprint density at radius 2 is 2.13 bits per heavy atom. The maximum atomic E-state index is 12.3. The minimum Gasteiger partial charge on any atom is -0.495 e. The first-order chi connectivity index (χ1) is 10.9. The predicted molar refractivity (Wildman–Crippen MR) is 89.3 cm³/mol. The van der Waals surface area contributed by atoms with Crippen LogP contribution in [0.2, 0.25) is 0 Å². The number of nitrogens with zero attached hydrogens (tertiary/aromatic N) is 1. The number of sulfonamides is 1. The Morgan fingerprint density at radius 1 is 1.39 bits per heavy atom. The molecule has 126 valence electrons. The van der Waals surface area contributed by atoms with Gasteiger partial charge in [-0.1, -0.05) is 6.92 Å². The van der Waals surface area contributed by atoms with Crippen molar-refractivity contribution < 1.29 is 17.9 Å². The molecule has 7 heteroatoms. The zero-order valence-electron chi connectivity index (χ0n) is 13.4. The molecule has 1 aromatic carbocycles. The number of anilines is 2. The van der Waals surface area contributed by atoms with Crippen LogP contribution in [0, 0.1) is 11.8 Å². The Labute approximate surface area is 136 Å². The fourth-order valence-electron chi connectivity index (χ4n) is 2.94. The first-order valence-corrected chi connectivity index (χ1v) is 9.52. The van der Waals surface area contributed by atoms with E-state index in [-0.39, 0.29) is 17.6 Å². The van der Waals surface area contributed by atoms with Crippen LogP contribution in [0.5, 0.6) is 5.75 Å². The van der Waals surface area contributed by atoms with Crippen LogP contribution >= 0.6 is 0 Å². The van der Waals surface area contributed by atoms with Gasteiger partial charge in [-0.05, 0) is 43.4 Å². The number of carbonyl (C=O) groups excluding carboxylic acids is 1. The molecule has 1 amide bonds. The fourth-order valence-corrected chi connectivity index (χ4v) is 4.49. The minimum absolute atomic E-state index is 0.0427. The number of hydrogen-bond acceptors (Lipinski definition) is 4. The standard InChI is InChI=1S/C16H22N2O4S/c1-11(12-4-5-12)16(19)17-14-10-13(6-7-15(14)22-2)18-8-3-9-23(18,20)21/h6-7,10-12H,3-5,8-9H2,1-2H3,(H,17,19). The highest BCUT2D eigenvalue weighted by Gasteiger charge is 2.33. The highest BCUT2D eigenvalue weighted by Crippen LogP contribution is 2.38. The molecule has 1 N–H and O–H groups in total. The van der Waals surface area contributed by atoms with E-state index >= 15 is 0 Å². The molecule has 0 radical (unpaired) electrons. The molecular formula is C16H22N2O4S. The number of methoxy groups -OCH3 is 1. The van der Waals surface area contributed by atoms with Crippen LogP contribution in [0.4, 0.5) is 11.4 Å². The van der Waals surface area contributed by atoms with Crippen LogP contribution in [-0.4, -0.2) is 33.7 Å². The number of benzene rings is 1. The molecule has 1 aromatic rings. The van der Waals surface area contributed by atoms with E-state index in [2.05, 4.69) is 5.32 Å². The van der Waals surface area contributed by atoms with Crippen molar-refractivity contribution in [1.82, 2.24) is 0 Å². The van der Waals surface area contributed by atoms with E-state index < -0.39 is 10.0 Å². The van der Waals surface area contributed by atoms with Crippen molar-refractivity contribution in [2.45, 2.75) is 26.2 Å². The van der Waals surface area contributed by atoms with E-state index in [0.717, 1.165) is 12.8 Å². The van der Waals surface area contributed by atoms with Gasteiger partial charge in [-0.15, -0.1) is 0 Å². The fraction of sp³-hybridized carbons (Fsp3) is 0.562. The maximum absolute atomic E-state index is 12.3. The van der Waals surface area contributed by atoms with Crippen LogP contribution in [-0.2, 0) is 14.8 Å². The quantitative estimate of drug-likeness (QED) is 0.893. The van der Waals surface area contributed by atoms with Gasteiger partial charge in [0.05, 0.1) is 24.2 Å². The van der Waals surface area contributed by atoms with Crippen molar-refractivity contribution in [3.8, 4) is 5.75 Å². The summed E-state index contributed by atoms with van der Waals surface area (Å²) in [4.78, 5) is 12.3. The Bertz CT molecular complexity index is 713. The third-order valence-electron chi connectivity index (χ3n) is 4.57. The highest BCUT2D eigenvalue weighted by molar-refractivity contribution is 7.93. The van der Waals surface area contributed by atoms with Crippen LogP contribution < -0.4 is 14.4 Å². The third kappa shape index (κ3) is 3.29. The summed E-state index contributed by atoms with van der Waals surface area (Å²) < 4.78 is 30.8. The monoisotopic (exact) mass is 338 g/mol. The molecule has 3 rings (SSSR count). The number of carbonyl (C=O) groups is 1. The molecule has 1 saturated heterocycles. The van der Waals surface area contributed by atoms with Crippen molar-refractivity contribution in [2.24, 2.45) is 11.8 Å². The van der Waals surface area contributed by atoms with Gasteiger partial charge in [0.1, 0.15) is 5.75 Å². The lowest BCUT2D eigenvalue weighted by atomic mass is 10.1. The van der Waals surface area contributed by atoms with E-state index in [1.165, 1.54) is 11.4 Å². The van der Waals surface area contributed by atoms with Gasteiger partial charge < -0.3 is 10.1 Å². The van der Waals surface area contributed by atoms with E-state index in [1.54, 1.807) is 18.2 Å². The number of hydrogen-bond donors (Lipinski definition) is 1. The molecule has 1 saturated carbocycles. The summed E-state index contributed by atoms with van der Waals surface area (Å²) in [5.41, 5.74) is 1.09. The van der Waals surface area contributed by atoms with E-state index in [1.807, 2.05) is 6.92 Å². The van der Waals surface area contributed by atoms with Gasteiger partial charge in [0.15, 0.2) is 0 Å². The molecule has 1 aliphatic carbocycles. The van der Waals surface area contributed by atoms with Gasteiger partial charge >= 0.3 is 0 Å². The molecule has 2 fully saturated rings. The molecule has 1 heterocycles. The maximum Gasteiger partial charge on any atom is 0.235 e. The number of ether oxygens (including phenoxy) is 1. The lowest BCUT2D eigenvalue weighted by Gasteiger charge is -2.20. The smallest absolute Gasteiger partial charge is 0.235 e. The largest absolute Gasteiger partial charge is 0.495 e. The molecule has 0 bridgehead atoms. The first kappa shape index (κ1) is 16.1. The summed E-state index contributed by atoms with van der Waals surface area (Å²) in [6, 6.07) is 5.08. The van der Waals surface area contributed by atoms with Crippen molar-refractivity contribution in [1.29, 1.82) is 0 Å². The van der Waals surface area contributed by atoms with Crippen molar-refractivity contribution in [2.75, 3.05) is 29.0 Å². The summed E-state index contributed by atoms with van der Waals surface area (Å²) in [7, 11) is -1.72. The predicted octanol–water partition coefficient (Wildman–Crippen LogP) is 2.22. The third-order valence-corrected chi connectivity index (χ3v) is 6.44. The van der Waals surface area contributed by atoms with Crippen molar-refractivity contribution >= 4 is 27.3 Å². The summed E-state index contributed by atoms with van der Waals surface area (Å²) in [5, 5.41) is 2.89. The number of amides is 1. The van der Waals surface area contributed by atoms with Gasteiger partial charge in [0.25, 0.3) is 0 Å². The van der Waals surface area contributed by atoms with Gasteiger partial charge in [-0.3, -0.25) is 9.10 Å². The van der Waals surface area contributed by atoms with Crippen LogP contribution in [0.15, 0.2) is 18.2 Å². The highest BCUT2D eigenvalue weighted by atomic mass is 32.2. The Morgan fingerprint density at radius 3 is 2.70 bits per heavy atom. The first-order valence-electron chi connectivity index (χ1n) is 7.91. The number of rotatable bonds is 5. The molecule has 6 nitrogen and oxygen atoms in total. The second kappa shape index (κ2) is 6.03. The van der Waals surface area contributed by atoms with Gasteiger partial charge in [-0.25, -0.2) is 8.42 Å². The molecule has 23 heavy (non-hydrogen) atoms. The van der Waals surface area contributed by atoms with Gasteiger partial charge in [0, 0.05) is 12.5 Å². The van der Waals surface area contributed by atoms with E-state index in [0.29, 0.717) is 36.0 Å². The minimum atomic E-state index is -3.24.